The first-order valence-corrected chi connectivity index (χ1v) is 8.30. The predicted octanol–water partition coefficient (Wildman–Crippen LogP) is 2.98. The maximum absolute atomic E-state index is 12.8. The van der Waals surface area contributed by atoms with E-state index in [1.807, 2.05) is 19.9 Å². The lowest BCUT2D eigenvalue weighted by atomic mass is 9.96. The molecule has 0 unspecified atom stereocenters. The van der Waals surface area contributed by atoms with E-state index in [4.69, 9.17) is 10.5 Å². The Morgan fingerprint density at radius 2 is 2.00 bits per heavy atom. The first-order chi connectivity index (χ1) is 11.9. The summed E-state index contributed by atoms with van der Waals surface area (Å²) in [4.78, 5) is 28.5. The van der Waals surface area contributed by atoms with E-state index >= 15 is 0 Å². The van der Waals surface area contributed by atoms with Gasteiger partial charge in [0.2, 0.25) is 11.8 Å². The van der Waals surface area contributed by atoms with Crippen molar-refractivity contribution in [3.8, 4) is 5.88 Å². The second kappa shape index (κ2) is 6.93. The van der Waals surface area contributed by atoms with Crippen LogP contribution < -0.4 is 15.8 Å². The van der Waals surface area contributed by atoms with Gasteiger partial charge >= 0.3 is 0 Å². The molecule has 6 heteroatoms. The Kier molecular flexibility index (Phi) is 4.70. The minimum absolute atomic E-state index is 0.124. The normalized spacial score (nSPS) is 13.8. The highest BCUT2D eigenvalue weighted by Crippen LogP contribution is 2.29. The Hall–Kier alpha value is -2.89. The molecule has 6 nitrogen and oxygen atoms in total. The zero-order valence-corrected chi connectivity index (χ0v) is 14.3. The summed E-state index contributed by atoms with van der Waals surface area (Å²) in [6, 6.07) is 8.36. The maximum atomic E-state index is 12.8. The standard InChI is InChI=1S/C19H21N3O3/c1-11-9-12(2)21-19(25-15-7-4-8-15)16(11)18(24)22-14-6-3-5-13(10-14)17(20)23/h3,5-6,9-10,15H,4,7-8H2,1-2H3,(H2,20,23)(H,22,24). The molecule has 0 bridgehead atoms. The number of nitrogens with one attached hydrogen (secondary N) is 1. The van der Waals surface area contributed by atoms with Crippen LogP contribution in [0.25, 0.3) is 0 Å². The molecule has 0 radical (unpaired) electrons. The molecule has 0 saturated heterocycles. The number of pyridine rings is 1. The molecule has 1 heterocycles. The zero-order valence-electron chi connectivity index (χ0n) is 14.3. The minimum Gasteiger partial charge on any atom is -0.474 e. The van der Waals surface area contributed by atoms with E-state index in [0.29, 0.717) is 22.7 Å². The number of rotatable bonds is 5. The summed E-state index contributed by atoms with van der Waals surface area (Å²) in [5, 5.41) is 2.80. The molecule has 1 aliphatic rings. The van der Waals surface area contributed by atoms with E-state index < -0.39 is 5.91 Å². The molecule has 25 heavy (non-hydrogen) atoms. The number of primary amides is 1. The van der Waals surface area contributed by atoms with Crippen molar-refractivity contribution in [2.24, 2.45) is 5.73 Å². The highest BCUT2D eigenvalue weighted by molar-refractivity contribution is 6.07. The van der Waals surface area contributed by atoms with Crippen LogP contribution in [0, 0.1) is 13.8 Å². The number of amides is 2. The summed E-state index contributed by atoms with van der Waals surface area (Å²) in [5.74, 6) is -0.495. The van der Waals surface area contributed by atoms with Crippen LogP contribution in [0.1, 0.15) is 51.2 Å². The third-order valence-corrected chi connectivity index (χ3v) is 4.27. The van der Waals surface area contributed by atoms with Gasteiger partial charge in [-0.3, -0.25) is 9.59 Å². The molecule has 1 aromatic heterocycles. The SMILES string of the molecule is Cc1cc(C)c(C(=O)Nc2cccc(C(N)=O)c2)c(OC2CCC2)n1. The lowest BCUT2D eigenvalue weighted by molar-refractivity contribution is 0.0973. The van der Waals surface area contributed by atoms with Gasteiger partial charge in [-0.05, 0) is 62.9 Å². The number of carbonyl (C=O) groups excluding carboxylic acids is 2. The van der Waals surface area contributed by atoms with Crippen molar-refractivity contribution in [2.75, 3.05) is 5.32 Å². The number of nitrogens with zero attached hydrogens (tertiary/aromatic N) is 1. The fourth-order valence-corrected chi connectivity index (χ4v) is 2.75. The number of aryl methyl sites for hydroxylation is 2. The largest absolute Gasteiger partial charge is 0.474 e. The van der Waals surface area contributed by atoms with E-state index in [1.54, 1.807) is 24.3 Å². The van der Waals surface area contributed by atoms with Crippen molar-refractivity contribution in [1.29, 1.82) is 0 Å². The van der Waals surface area contributed by atoms with E-state index in [0.717, 1.165) is 30.5 Å². The number of carbonyl (C=O) groups is 2. The quantitative estimate of drug-likeness (QED) is 0.875. The molecular weight excluding hydrogens is 318 g/mol. The maximum Gasteiger partial charge on any atom is 0.261 e. The number of anilines is 1. The number of hydrogen-bond acceptors (Lipinski definition) is 4. The molecule has 2 amide bonds. The van der Waals surface area contributed by atoms with Crippen molar-refractivity contribution >= 4 is 17.5 Å². The lowest BCUT2D eigenvalue weighted by Crippen LogP contribution is -2.27. The highest BCUT2D eigenvalue weighted by Gasteiger charge is 2.25. The van der Waals surface area contributed by atoms with Crippen molar-refractivity contribution < 1.29 is 14.3 Å². The topological polar surface area (TPSA) is 94.3 Å². The van der Waals surface area contributed by atoms with Crippen LogP contribution in [0.15, 0.2) is 30.3 Å². The Balaban J connectivity index is 1.88. The van der Waals surface area contributed by atoms with Crippen LogP contribution >= 0.6 is 0 Å². The van der Waals surface area contributed by atoms with Crippen LogP contribution in [0.3, 0.4) is 0 Å². The van der Waals surface area contributed by atoms with Gasteiger partial charge in [0.1, 0.15) is 11.7 Å². The van der Waals surface area contributed by atoms with Crippen molar-refractivity contribution in [3.05, 3.63) is 52.7 Å². The molecule has 130 valence electrons. The predicted molar refractivity (Wildman–Crippen MR) is 94.9 cm³/mol. The highest BCUT2D eigenvalue weighted by atomic mass is 16.5. The Labute approximate surface area is 146 Å². The fraction of sp³-hybridized carbons (Fsp3) is 0.316. The molecule has 1 saturated carbocycles. The van der Waals surface area contributed by atoms with E-state index in [1.165, 1.54) is 0 Å². The van der Waals surface area contributed by atoms with Gasteiger partial charge in [0.25, 0.3) is 5.91 Å². The zero-order chi connectivity index (χ0) is 18.0. The Bertz CT molecular complexity index is 829. The van der Waals surface area contributed by atoms with Crippen LogP contribution in [-0.2, 0) is 0 Å². The molecule has 3 N–H and O–H groups in total. The second-order valence-electron chi connectivity index (χ2n) is 6.33. The first-order valence-electron chi connectivity index (χ1n) is 8.30. The van der Waals surface area contributed by atoms with Gasteiger partial charge in [0.05, 0.1) is 0 Å². The molecular formula is C19H21N3O3. The molecule has 3 rings (SSSR count). The summed E-state index contributed by atoms with van der Waals surface area (Å²) < 4.78 is 5.92. The molecule has 2 aromatic rings. The van der Waals surface area contributed by atoms with Gasteiger partial charge in [-0.1, -0.05) is 6.07 Å². The number of benzene rings is 1. The molecule has 0 spiro atoms. The van der Waals surface area contributed by atoms with Crippen LogP contribution in [0.5, 0.6) is 5.88 Å². The van der Waals surface area contributed by atoms with Crippen LogP contribution in [0.2, 0.25) is 0 Å². The van der Waals surface area contributed by atoms with E-state index in [9.17, 15) is 9.59 Å². The molecule has 1 aliphatic carbocycles. The molecule has 1 aromatic carbocycles. The number of ether oxygens (including phenoxy) is 1. The van der Waals surface area contributed by atoms with Crippen LogP contribution in [-0.4, -0.2) is 22.9 Å². The van der Waals surface area contributed by atoms with Gasteiger partial charge in [0, 0.05) is 16.9 Å². The fourth-order valence-electron chi connectivity index (χ4n) is 2.75. The molecule has 0 atom stereocenters. The summed E-state index contributed by atoms with van der Waals surface area (Å²) in [6.45, 7) is 3.73. The van der Waals surface area contributed by atoms with Crippen molar-refractivity contribution in [3.63, 3.8) is 0 Å². The van der Waals surface area contributed by atoms with Gasteiger partial charge in [-0.2, -0.15) is 0 Å². The summed E-state index contributed by atoms with van der Waals surface area (Å²) in [7, 11) is 0. The number of nitrogens with two attached hydrogens (primary N) is 1. The Morgan fingerprint density at radius 1 is 1.24 bits per heavy atom. The number of hydrogen-bond donors (Lipinski definition) is 2. The van der Waals surface area contributed by atoms with Crippen molar-refractivity contribution in [2.45, 2.75) is 39.2 Å². The summed E-state index contributed by atoms with van der Waals surface area (Å²) >= 11 is 0. The summed E-state index contributed by atoms with van der Waals surface area (Å²) in [6.07, 6.45) is 3.22. The second-order valence-corrected chi connectivity index (χ2v) is 6.33. The number of aromatic nitrogens is 1. The van der Waals surface area contributed by atoms with Gasteiger partial charge in [-0.15, -0.1) is 0 Å². The van der Waals surface area contributed by atoms with E-state index in [-0.39, 0.29) is 12.0 Å². The third-order valence-electron chi connectivity index (χ3n) is 4.27. The average Bonchev–Trinajstić information content (AvgIpc) is 2.50. The smallest absolute Gasteiger partial charge is 0.261 e. The first kappa shape index (κ1) is 17.0. The minimum atomic E-state index is -0.543. The van der Waals surface area contributed by atoms with Gasteiger partial charge in [-0.25, -0.2) is 4.98 Å². The van der Waals surface area contributed by atoms with Gasteiger partial charge < -0.3 is 15.8 Å². The summed E-state index contributed by atoms with van der Waals surface area (Å²) in [5.41, 5.74) is 8.14. The lowest BCUT2D eigenvalue weighted by Gasteiger charge is -2.27. The molecule has 1 fully saturated rings. The van der Waals surface area contributed by atoms with Gasteiger partial charge in [0.15, 0.2) is 0 Å². The van der Waals surface area contributed by atoms with E-state index in [2.05, 4.69) is 10.3 Å². The van der Waals surface area contributed by atoms with Crippen LogP contribution in [0.4, 0.5) is 5.69 Å². The molecule has 0 aliphatic heterocycles. The van der Waals surface area contributed by atoms with Crippen molar-refractivity contribution in [1.82, 2.24) is 4.98 Å². The third kappa shape index (κ3) is 3.79. The average molecular weight is 339 g/mol. The monoisotopic (exact) mass is 339 g/mol. The Morgan fingerprint density at radius 3 is 2.64 bits per heavy atom.